The molecule has 1 saturated heterocycles. The number of halogens is 4. The van der Waals surface area contributed by atoms with E-state index in [1.807, 2.05) is 6.07 Å². The summed E-state index contributed by atoms with van der Waals surface area (Å²) in [6.07, 6.45) is -2.21. The van der Waals surface area contributed by atoms with Crippen molar-refractivity contribution in [3.8, 4) is 0 Å². The van der Waals surface area contributed by atoms with Crippen molar-refractivity contribution in [2.45, 2.75) is 32.0 Å². The van der Waals surface area contributed by atoms with Crippen LogP contribution in [0.2, 0.25) is 0 Å². The van der Waals surface area contributed by atoms with Crippen molar-refractivity contribution < 1.29 is 22.4 Å². The van der Waals surface area contributed by atoms with Gasteiger partial charge in [-0.2, -0.15) is 24.9 Å². The van der Waals surface area contributed by atoms with Crippen LogP contribution in [0.15, 0.2) is 42.5 Å². The molecule has 0 radical (unpaired) electrons. The van der Waals surface area contributed by atoms with E-state index in [-0.39, 0.29) is 22.7 Å². The number of carbonyl (C=O) groups excluding carboxylic acids is 1. The predicted molar refractivity (Wildman–Crippen MR) is 109 cm³/mol. The molecule has 0 spiro atoms. The Kier molecular flexibility index (Phi) is 6.36. The smallest absolute Gasteiger partial charge is 0.348 e. The van der Waals surface area contributed by atoms with Gasteiger partial charge in [0, 0.05) is 17.5 Å². The van der Waals surface area contributed by atoms with Gasteiger partial charge < -0.3 is 5.32 Å². The van der Waals surface area contributed by atoms with Crippen LogP contribution in [0.3, 0.4) is 0 Å². The minimum absolute atomic E-state index is 0.0387. The first-order valence-electron chi connectivity index (χ1n) is 9.15. The molecule has 1 aliphatic rings. The van der Waals surface area contributed by atoms with E-state index in [4.69, 9.17) is 0 Å². The molecule has 3 rings (SSSR count). The number of rotatable bonds is 5. The van der Waals surface area contributed by atoms with Gasteiger partial charge in [-0.3, -0.25) is 4.79 Å². The van der Waals surface area contributed by atoms with Crippen LogP contribution in [-0.4, -0.2) is 29.6 Å². The Morgan fingerprint density at radius 2 is 1.79 bits per heavy atom. The molecular formula is C22H21F4NOS. The molecule has 1 fully saturated rings. The molecule has 1 amide bonds. The minimum atomic E-state index is -4.48. The highest BCUT2D eigenvalue weighted by Gasteiger charge is 2.39. The quantitative estimate of drug-likeness (QED) is 0.630. The standard InChI is InChI=1S/C22H21F4NOS/c1-13-7-14(2)9-16(8-13)19(22(24,25)26)6-4-15-3-5-18(20(23)10-15)21(28)27-17-11-29-12-17/h3-10,17,19H,11-12H2,1-2H3,(H,27,28)/b6-4+. The van der Waals surface area contributed by atoms with Crippen molar-refractivity contribution in [2.24, 2.45) is 0 Å². The molecule has 2 nitrogen and oxygen atoms in total. The molecule has 1 atom stereocenters. The molecule has 1 aliphatic heterocycles. The van der Waals surface area contributed by atoms with E-state index in [0.29, 0.717) is 0 Å². The Balaban J connectivity index is 1.82. The summed E-state index contributed by atoms with van der Waals surface area (Å²) in [5, 5.41) is 2.73. The second-order valence-corrected chi connectivity index (χ2v) is 8.32. The Labute approximate surface area is 171 Å². The molecule has 1 heterocycles. The average Bonchev–Trinajstić information content (AvgIpc) is 2.56. The molecular weight excluding hydrogens is 402 g/mol. The average molecular weight is 423 g/mol. The van der Waals surface area contributed by atoms with E-state index in [1.165, 1.54) is 30.3 Å². The summed E-state index contributed by atoms with van der Waals surface area (Å²) in [5.41, 5.74) is 1.78. The van der Waals surface area contributed by atoms with Crippen LogP contribution < -0.4 is 5.32 Å². The number of amides is 1. The maximum atomic E-state index is 14.3. The third kappa shape index (κ3) is 5.41. The van der Waals surface area contributed by atoms with Crippen LogP contribution in [0.4, 0.5) is 17.6 Å². The number of alkyl halides is 3. The SMILES string of the molecule is Cc1cc(C)cc(C(/C=C/c2ccc(C(=O)NC3CSC3)c(F)c2)C(F)(F)F)c1. The molecule has 154 valence electrons. The third-order valence-electron chi connectivity index (χ3n) is 4.65. The van der Waals surface area contributed by atoms with Crippen LogP contribution in [0, 0.1) is 19.7 Å². The molecule has 0 aromatic heterocycles. The highest BCUT2D eigenvalue weighted by atomic mass is 32.2. The fraction of sp³-hybridized carbons (Fsp3) is 0.318. The number of benzene rings is 2. The number of aryl methyl sites for hydroxylation is 2. The van der Waals surface area contributed by atoms with Gasteiger partial charge in [0.2, 0.25) is 0 Å². The first-order chi connectivity index (χ1) is 13.6. The first-order valence-corrected chi connectivity index (χ1v) is 10.3. The molecule has 0 saturated carbocycles. The summed E-state index contributed by atoms with van der Waals surface area (Å²) >= 11 is 1.69. The number of allylic oxidation sites excluding steroid dienone is 1. The Bertz CT molecular complexity index is 915. The Morgan fingerprint density at radius 3 is 2.31 bits per heavy atom. The van der Waals surface area contributed by atoms with E-state index in [2.05, 4.69) is 5.32 Å². The molecule has 0 bridgehead atoms. The lowest BCUT2D eigenvalue weighted by Crippen LogP contribution is -2.44. The summed E-state index contributed by atoms with van der Waals surface area (Å²) < 4.78 is 55.1. The van der Waals surface area contributed by atoms with Gasteiger partial charge in [-0.05, 0) is 37.1 Å². The number of hydrogen-bond acceptors (Lipinski definition) is 2. The summed E-state index contributed by atoms with van der Waals surface area (Å²) in [7, 11) is 0. The van der Waals surface area contributed by atoms with Gasteiger partial charge in [0.25, 0.3) is 5.91 Å². The highest BCUT2D eigenvalue weighted by Crippen LogP contribution is 2.37. The van der Waals surface area contributed by atoms with E-state index in [0.717, 1.165) is 34.8 Å². The number of hydrogen-bond donors (Lipinski definition) is 1. The third-order valence-corrected chi connectivity index (χ3v) is 5.92. The fourth-order valence-electron chi connectivity index (χ4n) is 3.21. The summed E-state index contributed by atoms with van der Waals surface area (Å²) in [6.45, 7) is 3.49. The zero-order valence-electron chi connectivity index (χ0n) is 16.0. The van der Waals surface area contributed by atoms with Gasteiger partial charge in [-0.15, -0.1) is 0 Å². The van der Waals surface area contributed by atoms with Gasteiger partial charge in [-0.25, -0.2) is 4.39 Å². The maximum absolute atomic E-state index is 14.3. The molecule has 1 N–H and O–H groups in total. The zero-order valence-corrected chi connectivity index (χ0v) is 16.8. The van der Waals surface area contributed by atoms with E-state index in [1.54, 1.807) is 25.6 Å². The Hall–Kier alpha value is -2.28. The van der Waals surface area contributed by atoms with Crippen LogP contribution in [-0.2, 0) is 0 Å². The van der Waals surface area contributed by atoms with Crippen molar-refractivity contribution in [3.05, 3.63) is 76.1 Å². The molecule has 2 aromatic rings. The number of nitrogens with one attached hydrogen (secondary N) is 1. The summed E-state index contributed by atoms with van der Waals surface area (Å²) in [6, 6.07) is 8.67. The summed E-state index contributed by atoms with van der Waals surface area (Å²) in [5.74, 6) is -1.47. The molecule has 1 unspecified atom stereocenters. The fourth-order valence-corrected chi connectivity index (χ4v) is 3.85. The van der Waals surface area contributed by atoms with E-state index in [9.17, 15) is 22.4 Å². The van der Waals surface area contributed by atoms with Crippen LogP contribution in [0.1, 0.15) is 38.5 Å². The van der Waals surface area contributed by atoms with Gasteiger partial charge in [0.1, 0.15) is 5.82 Å². The number of carbonyl (C=O) groups is 1. The molecule has 2 aromatic carbocycles. The minimum Gasteiger partial charge on any atom is -0.348 e. The second-order valence-electron chi connectivity index (χ2n) is 7.25. The van der Waals surface area contributed by atoms with Crippen molar-refractivity contribution in [2.75, 3.05) is 11.5 Å². The monoisotopic (exact) mass is 423 g/mol. The zero-order chi connectivity index (χ0) is 21.2. The molecule has 7 heteroatoms. The lowest BCUT2D eigenvalue weighted by molar-refractivity contribution is -0.139. The number of thioether (sulfide) groups is 1. The topological polar surface area (TPSA) is 29.1 Å². The van der Waals surface area contributed by atoms with E-state index < -0.39 is 23.8 Å². The second kappa shape index (κ2) is 8.61. The van der Waals surface area contributed by atoms with Gasteiger partial charge in [-0.1, -0.05) is 47.5 Å². The lowest BCUT2D eigenvalue weighted by Gasteiger charge is -2.25. The van der Waals surface area contributed by atoms with Crippen LogP contribution in [0.5, 0.6) is 0 Å². The highest BCUT2D eigenvalue weighted by molar-refractivity contribution is 8.00. The van der Waals surface area contributed by atoms with Crippen LogP contribution in [0.25, 0.3) is 6.08 Å². The summed E-state index contributed by atoms with van der Waals surface area (Å²) in [4.78, 5) is 12.1. The largest absolute Gasteiger partial charge is 0.399 e. The van der Waals surface area contributed by atoms with Crippen molar-refractivity contribution in [3.63, 3.8) is 0 Å². The van der Waals surface area contributed by atoms with E-state index >= 15 is 0 Å². The van der Waals surface area contributed by atoms with Crippen molar-refractivity contribution in [1.29, 1.82) is 0 Å². The normalized spacial score (nSPS) is 15.9. The molecule has 0 aliphatic carbocycles. The maximum Gasteiger partial charge on any atom is 0.399 e. The van der Waals surface area contributed by atoms with Gasteiger partial charge in [0.05, 0.1) is 11.5 Å². The first kappa shape index (κ1) is 21.4. The van der Waals surface area contributed by atoms with Crippen LogP contribution >= 0.6 is 11.8 Å². The van der Waals surface area contributed by atoms with Crippen molar-refractivity contribution in [1.82, 2.24) is 5.32 Å². The lowest BCUT2D eigenvalue weighted by atomic mass is 9.94. The van der Waals surface area contributed by atoms with Crippen molar-refractivity contribution >= 4 is 23.7 Å². The van der Waals surface area contributed by atoms with Gasteiger partial charge >= 0.3 is 6.18 Å². The molecule has 29 heavy (non-hydrogen) atoms. The van der Waals surface area contributed by atoms with Gasteiger partial charge in [0.15, 0.2) is 0 Å². The Morgan fingerprint density at radius 1 is 1.14 bits per heavy atom. The predicted octanol–water partition coefficient (Wildman–Crippen LogP) is 5.65.